The number of rotatable bonds is 3. The molecule has 4 aromatic rings. The molecular weight excluding hydrogens is 336 g/mol. The summed E-state index contributed by atoms with van der Waals surface area (Å²) in [6.07, 6.45) is 6.61. The summed E-state index contributed by atoms with van der Waals surface area (Å²) in [4.78, 5) is 9.95. The van der Waals surface area contributed by atoms with Crippen molar-refractivity contribution in [3.05, 3.63) is 65.0 Å². The lowest BCUT2D eigenvalue weighted by molar-refractivity contribution is 0.334. The summed E-state index contributed by atoms with van der Waals surface area (Å²) >= 11 is 0. The van der Waals surface area contributed by atoms with Gasteiger partial charge in [0.15, 0.2) is 0 Å². The van der Waals surface area contributed by atoms with E-state index in [0.29, 0.717) is 11.8 Å². The van der Waals surface area contributed by atoms with E-state index < -0.39 is 0 Å². The molecule has 5 heteroatoms. The van der Waals surface area contributed by atoms with Crippen molar-refractivity contribution in [3.8, 4) is 5.75 Å². The summed E-state index contributed by atoms with van der Waals surface area (Å²) in [6, 6.07) is 8.30. The van der Waals surface area contributed by atoms with Gasteiger partial charge in [-0.15, -0.1) is 0 Å². The van der Waals surface area contributed by atoms with E-state index in [2.05, 4.69) is 47.9 Å². The van der Waals surface area contributed by atoms with Crippen molar-refractivity contribution in [2.45, 2.75) is 45.4 Å². The van der Waals surface area contributed by atoms with Crippen molar-refractivity contribution in [2.24, 2.45) is 0 Å². The number of hydrogen-bond donors (Lipinski definition) is 0. The highest BCUT2D eigenvalue weighted by molar-refractivity contribution is 5.52. The predicted molar refractivity (Wildman–Crippen MR) is 106 cm³/mol. The predicted octanol–water partition coefficient (Wildman–Crippen LogP) is 4.58. The van der Waals surface area contributed by atoms with E-state index in [0.717, 1.165) is 17.0 Å². The number of nitrogens with zero attached hydrogens (tertiary/aromatic N) is 4. The van der Waals surface area contributed by atoms with Gasteiger partial charge in [0.2, 0.25) is 0 Å². The molecule has 0 radical (unpaired) electrons. The Morgan fingerprint density at radius 1 is 1.00 bits per heavy atom. The number of imidazole rings is 2. The van der Waals surface area contributed by atoms with Crippen LogP contribution in [0.15, 0.2) is 36.7 Å². The van der Waals surface area contributed by atoms with E-state index in [-0.39, 0.29) is 0 Å². The number of aryl methyl sites for hydroxylation is 3. The average Bonchev–Trinajstić information content (AvgIpc) is 3.20. The van der Waals surface area contributed by atoms with E-state index in [4.69, 9.17) is 14.7 Å². The van der Waals surface area contributed by atoms with Crippen LogP contribution in [0.4, 0.5) is 0 Å². The third-order valence-electron chi connectivity index (χ3n) is 6.15. The molecule has 5 nitrogen and oxygen atoms in total. The molecule has 4 heterocycles. The highest BCUT2D eigenvalue weighted by Crippen LogP contribution is 2.49. The van der Waals surface area contributed by atoms with Gasteiger partial charge in [-0.1, -0.05) is 6.07 Å². The molecule has 5 rings (SSSR count). The molecule has 1 aliphatic rings. The number of aromatic nitrogens is 4. The zero-order valence-electron chi connectivity index (χ0n) is 16.2. The Kier molecular flexibility index (Phi) is 3.54. The molecule has 0 saturated heterocycles. The minimum Gasteiger partial charge on any atom is -0.497 e. The lowest BCUT2D eigenvalue weighted by Gasteiger charge is -2.34. The van der Waals surface area contributed by atoms with Crippen molar-refractivity contribution in [1.82, 2.24) is 18.8 Å². The second-order valence-corrected chi connectivity index (χ2v) is 7.68. The van der Waals surface area contributed by atoms with Crippen molar-refractivity contribution in [1.29, 1.82) is 0 Å². The molecule has 1 saturated carbocycles. The monoisotopic (exact) mass is 360 g/mol. The molecule has 2 unspecified atom stereocenters. The molecule has 0 spiro atoms. The van der Waals surface area contributed by atoms with Crippen LogP contribution in [0.5, 0.6) is 5.75 Å². The summed E-state index contributed by atoms with van der Waals surface area (Å²) < 4.78 is 9.73. The Labute approximate surface area is 158 Å². The third-order valence-corrected chi connectivity index (χ3v) is 6.15. The molecular formula is C22H24N4O. The zero-order chi connectivity index (χ0) is 18.7. The van der Waals surface area contributed by atoms with E-state index >= 15 is 0 Å². The fraction of sp³-hybridized carbons (Fsp3) is 0.364. The van der Waals surface area contributed by atoms with Crippen LogP contribution in [-0.4, -0.2) is 25.9 Å². The molecule has 0 bridgehead atoms. The molecule has 1 fully saturated rings. The molecule has 0 N–H and O–H groups in total. The quantitative estimate of drug-likeness (QED) is 0.537. The van der Waals surface area contributed by atoms with Gasteiger partial charge in [-0.25, -0.2) is 9.97 Å². The maximum absolute atomic E-state index is 5.35. The summed E-state index contributed by atoms with van der Waals surface area (Å²) in [5, 5.41) is 0. The maximum atomic E-state index is 5.35. The summed E-state index contributed by atoms with van der Waals surface area (Å²) in [6.45, 7) is 6.43. The van der Waals surface area contributed by atoms with Gasteiger partial charge in [0.25, 0.3) is 0 Å². The number of pyridine rings is 2. The Morgan fingerprint density at radius 3 is 2.52 bits per heavy atom. The standard InChI is InChI=1S/C22H24N4O/c1-13-5-6-14(2)26-12-19(23-22(13)26)17-7-8-18(17)21-15(3)25-10-9-16(27-4)11-20(25)24-21/h5-6,9-12,17-18H,7-8H2,1-4H3. The summed E-state index contributed by atoms with van der Waals surface area (Å²) in [5.74, 6) is 1.71. The van der Waals surface area contributed by atoms with E-state index in [9.17, 15) is 0 Å². The minimum atomic E-state index is 0.432. The topological polar surface area (TPSA) is 43.8 Å². The highest BCUT2D eigenvalue weighted by atomic mass is 16.5. The fourth-order valence-electron chi connectivity index (χ4n) is 4.35. The lowest BCUT2D eigenvalue weighted by Crippen LogP contribution is -2.23. The van der Waals surface area contributed by atoms with E-state index in [1.807, 2.05) is 18.3 Å². The number of hydrogen-bond acceptors (Lipinski definition) is 3. The molecule has 2 atom stereocenters. The molecule has 1 aliphatic carbocycles. The number of fused-ring (bicyclic) bond motifs is 2. The first-order chi connectivity index (χ1) is 13.1. The molecule has 27 heavy (non-hydrogen) atoms. The van der Waals surface area contributed by atoms with Crippen LogP contribution < -0.4 is 4.74 Å². The van der Waals surface area contributed by atoms with Crippen molar-refractivity contribution >= 4 is 11.3 Å². The normalized spacial score (nSPS) is 19.6. The van der Waals surface area contributed by atoms with Crippen LogP contribution in [0.2, 0.25) is 0 Å². The van der Waals surface area contributed by atoms with Gasteiger partial charge in [-0.3, -0.25) is 0 Å². The first kappa shape index (κ1) is 16.4. The molecule has 138 valence electrons. The van der Waals surface area contributed by atoms with Gasteiger partial charge in [0, 0.05) is 41.7 Å². The second kappa shape index (κ2) is 5.84. The van der Waals surface area contributed by atoms with Crippen LogP contribution in [-0.2, 0) is 0 Å². The van der Waals surface area contributed by atoms with Gasteiger partial charge >= 0.3 is 0 Å². The maximum Gasteiger partial charge on any atom is 0.140 e. The average molecular weight is 360 g/mol. The van der Waals surface area contributed by atoms with Crippen LogP contribution >= 0.6 is 0 Å². The number of ether oxygens (including phenoxy) is 1. The lowest BCUT2D eigenvalue weighted by atomic mass is 9.70. The fourth-order valence-corrected chi connectivity index (χ4v) is 4.35. The Balaban J connectivity index is 1.56. The van der Waals surface area contributed by atoms with Crippen LogP contribution in [0, 0.1) is 20.8 Å². The van der Waals surface area contributed by atoms with E-state index in [1.54, 1.807) is 7.11 Å². The largest absolute Gasteiger partial charge is 0.497 e. The first-order valence-corrected chi connectivity index (χ1v) is 9.54. The Morgan fingerprint density at radius 2 is 1.81 bits per heavy atom. The second-order valence-electron chi connectivity index (χ2n) is 7.68. The van der Waals surface area contributed by atoms with Crippen molar-refractivity contribution < 1.29 is 4.74 Å². The highest BCUT2D eigenvalue weighted by Gasteiger charge is 2.38. The Bertz CT molecular complexity index is 1130. The third kappa shape index (κ3) is 2.37. The molecule has 0 aromatic carbocycles. The van der Waals surface area contributed by atoms with Gasteiger partial charge in [-0.2, -0.15) is 0 Å². The van der Waals surface area contributed by atoms with Crippen molar-refractivity contribution in [2.75, 3.05) is 7.11 Å². The van der Waals surface area contributed by atoms with Crippen LogP contribution in [0.1, 0.15) is 53.0 Å². The molecule has 0 aliphatic heterocycles. The van der Waals surface area contributed by atoms with Gasteiger partial charge in [0.05, 0.1) is 18.5 Å². The van der Waals surface area contributed by atoms with Gasteiger partial charge in [-0.05, 0) is 51.3 Å². The minimum absolute atomic E-state index is 0.432. The molecule has 0 amide bonds. The van der Waals surface area contributed by atoms with Crippen LogP contribution in [0.3, 0.4) is 0 Å². The SMILES string of the molecule is COc1ccn2c(C)c(C3CCC3c3cn4c(C)ccc(C)c4n3)nc2c1. The van der Waals surface area contributed by atoms with E-state index in [1.165, 1.54) is 41.2 Å². The summed E-state index contributed by atoms with van der Waals surface area (Å²) in [5.41, 5.74) is 8.09. The smallest absolute Gasteiger partial charge is 0.140 e. The van der Waals surface area contributed by atoms with Crippen LogP contribution in [0.25, 0.3) is 11.3 Å². The summed E-state index contributed by atoms with van der Waals surface area (Å²) in [7, 11) is 1.69. The number of methoxy groups -OCH3 is 1. The van der Waals surface area contributed by atoms with Gasteiger partial charge in [0.1, 0.15) is 17.0 Å². The Hall–Kier alpha value is -2.82. The zero-order valence-corrected chi connectivity index (χ0v) is 16.2. The molecule has 4 aromatic heterocycles. The first-order valence-electron chi connectivity index (χ1n) is 9.54. The van der Waals surface area contributed by atoms with Gasteiger partial charge < -0.3 is 13.5 Å². The van der Waals surface area contributed by atoms with Crippen molar-refractivity contribution in [3.63, 3.8) is 0 Å².